The zero-order valence-corrected chi connectivity index (χ0v) is 19.5. The number of carbonyl (C=O) groups is 1. The quantitative estimate of drug-likeness (QED) is 0.369. The molecule has 5 heterocycles. The van der Waals surface area contributed by atoms with E-state index in [4.69, 9.17) is 6.57 Å². The smallest absolute Gasteiger partial charge is 0.253 e. The Bertz CT molecular complexity index is 1520. The summed E-state index contributed by atoms with van der Waals surface area (Å²) in [6.45, 7) is 11.7. The van der Waals surface area contributed by atoms with Gasteiger partial charge in [0.1, 0.15) is 0 Å². The Labute approximate surface area is 203 Å². The van der Waals surface area contributed by atoms with E-state index in [9.17, 15) is 4.79 Å². The van der Waals surface area contributed by atoms with Crippen LogP contribution in [0.2, 0.25) is 0 Å². The van der Waals surface area contributed by atoms with Crippen LogP contribution in [0.1, 0.15) is 15.9 Å². The van der Waals surface area contributed by atoms with E-state index in [-0.39, 0.29) is 5.91 Å². The van der Waals surface area contributed by atoms with Crippen molar-refractivity contribution in [1.82, 2.24) is 23.9 Å². The number of rotatable bonds is 2. The van der Waals surface area contributed by atoms with Crippen LogP contribution < -0.4 is 0 Å². The third kappa shape index (κ3) is 3.07. The molecule has 0 atom stereocenters. The number of amides is 1. The Morgan fingerprint density at radius 1 is 1.03 bits per heavy atom. The number of hydrogen-bond donors (Lipinski definition) is 0. The van der Waals surface area contributed by atoms with Crippen molar-refractivity contribution in [3.8, 4) is 28.3 Å². The van der Waals surface area contributed by atoms with Gasteiger partial charge in [-0.15, -0.1) is 0 Å². The lowest BCUT2D eigenvalue weighted by Gasteiger charge is -2.59. The van der Waals surface area contributed by atoms with Crippen LogP contribution in [0.15, 0.2) is 67.1 Å². The minimum absolute atomic E-state index is 0.122. The number of likely N-dealkylation sites (tertiary alicyclic amines) is 2. The van der Waals surface area contributed by atoms with E-state index in [0.29, 0.717) is 17.6 Å². The fourth-order valence-corrected chi connectivity index (χ4v) is 6.05. The van der Waals surface area contributed by atoms with Gasteiger partial charge in [0.05, 0.1) is 18.0 Å². The molecule has 35 heavy (non-hydrogen) atoms. The summed E-state index contributed by atoms with van der Waals surface area (Å²) in [7, 11) is 2.13. The van der Waals surface area contributed by atoms with Gasteiger partial charge in [-0.2, -0.15) is 0 Å². The number of fused-ring (bicyclic) bond motifs is 5. The van der Waals surface area contributed by atoms with Crippen molar-refractivity contribution in [3.63, 3.8) is 0 Å². The third-order valence-corrected chi connectivity index (χ3v) is 7.57. The summed E-state index contributed by atoms with van der Waals surface area (Å²) in [5, 5.41) is 0. The van der Waals surface area contributed by atoms with Crippen molar-refractivity contribution in [2.75, 3.05) is 33.2 Å². The summed E-state index contributed by atoms with van der Waals surface area (Å²) in [5.41, 5.74) is 7.03. The predicted molar refractivity (Wildman–Crippen MR) is 134 cm³/mol. The van der Waals surface area contributed by atoms with Gasteiger partial charge < -0.3 is 14.4 Å². The molecule has 172 valence electrons. The maximum Gasteiger partial charge on any atom is 0.253 e. The summed E-state index contributed by atoms with van der Waals surface area (Å²) >= 11 is 0. The standard InChI is InChI=1S/C28H24N6O/c1-29-23-6-3-19(4-7-23)21-12-25-26-30-9-10-34(26)24-8-5-20(11-22(24)14-32(25)13-21)27(35)33-17-28(18-33)15-31(2)16-28/h3-13H,14-18H2,2H3. The van der Waals surface area contributed by atoms with E-state index in [1.165, 1.54) is 0 Å². The van der Waals surface area contributed by atoms with Crippen LogP contribution in [-0.2, 0) is 6.54 Å². The minimum Gasteiger partial charge on any atom is -0.340 e. The van der Waals surface area contributed by atoms with Crippen molar-refractivity contribution in [2.45, 2.75) is 6.54 Å². The molecular formula is C28H24N6O. The summed E-state index contributed by atoms with van der Waals surface area (Å²) in [6.07, 6.45) is 5.94. The molecule has 7 rings (SSSR count). The molecule has 4 aromatic rings. The van der Waals surface area contributed by atoms with E-state index < -0.39 is 0 Å². The van der Waals surface area contributed by atoms with E-state index in [1.807, 2.05) is 47.6 Å². The zero-order valence-electron chi connectivity index (χ0n) is 19.5. The first-order valence-electron chi connectivity index (χ1n) is 11.8. The number of hydrogen-bond acceptors (Lipinski definition) is 3. The van der Waals surface area contributed by atoms with Gasteiger partial charge in [-0.1, -0.05) is 24.3 Å². The Hall–Kier alpha value is -4.15. The first kappa shape index (κ1) is 20.2. The van der Waals surface area contributed by atoms with Crippen LogP contribution in [-0.4, -0.2) is 63.1 Å². The molecule has 1 spiro atoms. The number of imidazole rings is 1. The first-order chi connectivity index (χ1) is 17.0. The predicted octanol–water partition coefficient (Wildman–Crippen LogP) is 4.31. The summed E-state index contributed by atoms with van der Waals surface area (Å²) in [6, 6.07) is 15.9. The van der Waals surface area contributed by atoms with Gasteiger partial charge in [0, 0.05) is 67.9 Å². The van der Waals surface area contributed by atoms with Gasteiger partial charge in [-0.25, -0.2) is 9.83 Å². The molecular weight excluding hydrogens is 436 g/mol. The van der Waals surface area contributed by atoms with E-state index in [1.54, 1.807) is 0 Å². The molecule has 0 bridgehead atoms. The molecule has 0 radical (unpaired) electrons. The average Bonchev–Trinajstić information content (AvgIpc) is 3.45. The second-order valence-corrected chi connectivity index (χ2v) is 10.2. The molecule has 0 N–H and O–H groups in total. The highest BCUT2D eigenvalue weighted by Crippen LogP contribution is 2.40. The fourth-order valence-electron chi connectivity index (χ4n) is 6.05. The molecule has 0 saturated carbocycles. The number of benzene rings is 2. The second kappa shape index (κ2) is 7.17. The Morgan fingerprint density at radius 2 is 1.83 bits per heavy atom. The van der Waals surface area contributed by atoms with Gasteiger partial charge in [-0.05, 0) is 42.4 Å². The maximum atomic E-state index is 13.3. The third-order valence-electron chi connectivity index (χ3n) is 7.57. The van der Waals surface area contributed by atoms with Gasteiger partial charge in [0.25, 0.3) is 5.91 Å². The lowest BCUT2D eigenvalue weighted by atomic mass is 9.73. The molecule has 0 unspecified atom stereocenters. The Kier molecular flexibility index (Phi) is 4.15. The van der Waals surface area contributed by atoms with E-state index in [0.717, 1.165) is 65.6 Å². The molecule has 3 aliphatic heterocycles. The lowest BCUT2D eigenvalue weighted by Crippen LogP contribution is -2.72. The maximum absolute atomic E-state index is 13.3. The Balaban J connectivity index is 1.23. The van der Waals surface area contributed by atoms with Gasteiger partial charge in [0.15, 0.2) is 11.5 Å². The molecule has 2 saturated heterocycles. The van der Waals surface area contributed by atoms with Crippen LogP contribution in [0.3, 0.4) is 0 Å². The fraction of sp³-hybridized carbons (Fsp3) is 0.250. The van der Waals surface area contributed by atoms with Crippen LogP contribution in [0.4, 0.5) is 5.69 Å². The van der Waals surface area contributed by atoms with Crippen LogP contribution in [0, 0.1) is 12.0 Å². The number of aromatic nitrogens is 3. The van der Waals surface area contributed by atoms with Crippen LogP contribution in [0.5, 0.6) is 0 Å². The summed E-state index contributed by atoms with van der Waals surface area (Å²) in [4.78, 5) is 25.7. The SMILES string of the molecule is [C-]#[N+]c1ccc(-c2cc3n(c2)Cc2cc(C(=O)N4CC5(CN(C)C5)C4)ccc2-n2ccnc2-3)cc1. The second-order valence-electron chi connectivity index (χ2n) is 10.2. The van der Waals surface area contributed by atoms with Gasteiger partial charge >= 0.3 is 0 Å². The molecule has 7 heteroatoms. The van der Waals surface area contributed by atoms with Crippen molar-refractivity contribution in [1.29, 1.82) is 0 Å². The highest BCUT2D eigenvalue weighted by molar-refractivity contribution is 5.95. The van der Waals surface area contributed by atoms with Crippen molar-refractivity contribution in [3.05, 3.63) is 89.7 Å². The lowest BCUT2D eigenvalue weighted by molar-refractivity contribution is -0.0872. The van der Waals surface area contributed by atoms with E-state index in [2.05, 4.69) is 55.3 Å². The largest absolute Gasteiger partial charge is 0.340 e. The number of carbonyl (C=O) groups excluding carboxylic acids is 1. The van der Waals surface area contributed by atoms with E-state index >= 15 is 0 Å². The molecule has 2 aromatic heterocycles. The average molecular weight is 461 g/mol. The highest BCUT2D eigenvalue weighted by atomic mass is 16.2. The minimum atomic E-state index is 0.122. The van der Waals surface area contributed by atoms with Gasteiger partial charge in [-0.3, -0.25) is 9.36 Å². The molecule has 2 aromatic carbocycles. The van der Waals surface area contributed by atoms with Crippen LogP contribution >= 0.6 is 0 Å². The topological polar surface area (TPSA) is 50.7 Å². The molecule has 1 amide bonds. The van der Waals surface area contributed by atoms with Crippen LogP contribution in [0.25, 0.3) is 33.2 Å². The van der Waals surface area contributed by atoms with Crippen molar-refractivity contribution >= 4 is 11.6 Å². The van der Waals surface area contributed by atoms with Gasteiger partial charge in [0.2, 0.25) is 0 Å². The highest BCUT2D eigenvalue weighted by Gasteiger charge is 2.51. The normalized spacial score (nSPS) is 17.4. The molecule has 3 aliphatic rings. The molecule has 2 fully saturated rings. The first-order valence-corrected chi connectivity index (χ1v) is 11.8. The van der Waals surface area contributed by atoms with Crippen molar-refractivity contribution < 1.29 is 4.79 Å². The monoisotopic (exact) mass is 460 g/mol. The van der Waals surface area contributed by atoms with Crippen molar-refractivity contribution in [2.24, 2.45) is 5.41 Å². The zero-order chi connectivity index (χ0) is 23.7. The number of nitrogens with zero attached hydrogens (tertiary/aromatic N) is 6. The summed E-state index contributed by atoms with van der Waals surface area (Å²) < 4.78 is 4.32. The molecule has 0 aliphatic carbocycles. The molecule has 7 nitrogen and oxygen atoms in total. The Morgan fingerprint density at radius 3 is 2.57 bits per heavy atom. The summed E-state index contributed by atoms with van der Waals surface area (Å²) in [5.74, 6) is 1.00.